The van der Waals surface area contributed by atoms with Crippen LogP contribution in [0.3, 0.4) is 0 Å². The molecule has 0 aromatic heterocycles. The quantitative estimate of drug-likeness (QED) is 0.581. The molecule has 1 aromatic carbocycles. The summed E-state index contributed by atoms with van der Waals surface area (Å²) < 4.78 is 0. The summed E-state index contributed by atoms with van der Waals surface area (Å²) in [6.07, 6.45) is 1.21. The number of nitrogens with one attached hydrogen (secondary N) is 4. The van der Waals surface area contributed by atoms with E-state index in [0.717, 1.165) is 13.0 Å². The summed E-state index contributed by atoms with van der Waals surface area (Å²) in [5.41, 5.74) is 1.18. The molecule has 0 bridgehead atoms. The van der Waals surface area contributed by atoms with Gasteiger partial charge in [-0.15, -0.1) is 0 Å². The highest BCUT2D eigenvalue weighted by atomic mass is 16.2. The van der Waals surface area contributed by atoms with Crippen LogP contribution in [0.15, 0.2) is 24.3 Å². The Balaban J connectivity index is 2.62. The van der Waals surface area contributed by atoms with E-state index in [9.17, 15) is 9.59 Å². The first-order valence-electron chi connectivity index (χ1n) is 7.14. The van der Waals surface area contributed by atoms with Gasteiger partial charge >= 0.3 is 6.03 Å². The second-order valence-corrected chi connectivity index (χ2v) is 5.05. The number of anilines is 2. The van der Waals surface area contributed by atoms with Crippen LogP contribution < -0.4 is 21.3 Å². The molecule has 0 saturated heterocycles. The molecule has 0 radical (unpaired) electrons. The fraction of sp³-hybridized carbons (Fsp3) is 0.467. The molecule has 6 heteroatoms. The van der Waals surface area contributed by atoms with Crippen LogP contribution in [0.4, 0.5) is 16.2 Å². The zero-order chi connectivity index (χ0) is 15.7. The molecule has 0 aliphatic rings. The minimum absolute atomic E-state index is 0.0493. The largest absolute Gasteiger partial charge is 0.336 e. The van der Waals surface area contributed by atoms with Gasteiger partial charge in [-0.25, -0.2) is 4.79 Å². The normalized spacial score (nSPS) is 10.3. The van der Waals surface area contributed by atoms with Crippen LogP contribution in [0.2, 0.25) is 0 Å². The van der Waals surface area contributed by atoms with E-state index >= 15 is 0 Å². The Labute approximate surface area is 125 Å². The Bertz CT molecular complexity index is 474. The van der Waals surface area contributed by atoms with Crippen molar-refractivity contribution < 1.29 is 9.59 Å². The van der Waals surface area contributed by atoms with Gasteiger partial charge in [-0.05, 0) is 46.0 Å². The van der Waals surface area contributed by atoms with E-state index < -0.39 is 0 Å². The molecule has 4 N–H and O–H groups in total. The van der Waals surface area contributed by atoms with Crippen LogP contribution in [-0.4, -0.2) is 31.6 Å². The van der Waals surface area contributed by atoms with Gasteiger partial charge in [0.15, 0.2) is 0 Å². The lowest BCUT2D eigenvalue weighted by molar-refractivity contribution is -0.116. The maximum absolute atomic E-state index is 11.8. The first kappa shape index (κ1) is 17.0. The molecular weight excluding hydrogens is 268 g/mol. The number of rotatable bonds is 7. The number of amides is 3. The maximum Gasteiger partial charge on any atom is 0.319 e. The summed E-state index contributed by atoms with van der Waals surface area (Å²) in [7, 11) is 1.85. The van der Waals surface area contributed by atoms with Crippen LogP contribution in [-0.2, 0) is 4.79 Å². The molecule has 0 saturated carbocycles. The third kappa shape index (κ3) is 6.76. The highest BCUT2D eigenvalue weighted by Crippen LogP contribution is 2.21. The Morgan fingerprint density at radius 1 is 1.10 bits per heavy atom. The lowest BCUT2D eigenvalue weighted by Gasteiger charge is -2.14. The van der Waals surface area contributed by atoms with Gasteiger partial charge in [0.2, 0.25) is 5.91 Å². The number of para-hydroxylation sites is 2. The second kappa shape index (κ2) is 8.97. The van der Waals surface area contributed by atoms with E-state index in [1.54, 1.807) is 12.1 Å². The van der Waals surface area contributed by atoms with Gasteiger partial charge < -0.3 is 21.3 Å². The molecule has 0 atom stereocenters. The summed E-state index contributed by atoms with van der Waals surface area (Å²) >= 11 is 0. The van der Waals surface area contributed by atoms with E-state index in [4.69, 9.17) is 0 Å². The third-order valence-electron chi connectivity index (χ3n) is 2.70. The number of hydrogen-bond acceptors (Lipinski definition) is 3. The molecule has 0 aliphatic heterocycles. The first-order chi connectivity index (χ1) is 10.0. The van der Waals surface area contributed by atoms with Crippen molar-refractivity contribution in [2.45, 2.75) is 32.7 Å². The molecule has 1 rings (SSSR count). The SMILES string of the molecule is CNCCCC(=O)Nc1ccccc1NC(=O)NC(C)C. The number of hydrogen-bond donors (Lipinski definition) is 4. The lowest BCUT2D eigenvalue weighted by Crippen LogP contribution is -2.34. The molecule has 0 spiro atoms. The fourth-order valence-corrected chi connectivity index (χ4v) is 1.76. The number of urea groups is 1. The van der Waals surface area contributed by atoms with Crippen molar-refractivity contribution in [1.29, 1.82) is 0 Å². The third-order valence-corrected chi connectivity index (χ3v) is 2.70. The molecule has 3 amide bonds. The molecule has 6 nitrogen and oxygen atoms in total. The van der Waals surface area contributed by atoms with Crippen LogP contribution in [0, 0.1) is 0 Å². The summed E-state index contributed by atoms with van der Waals surface area (Å²) in [5.74, 6) is -0.0660. The fourth-order valence-electron chi connectivity index (χ4n) is 1.76. The topological polar surface area (TPSA) is 82.3 Å². The molecule has 21 heavy (non-hydrogen) atoms. The van der Waals surface area contributed by atoms with Gasteiger partial charge in [0.05, 0.1) is 11.4 Å². The van der Waals surface area contributed by atoms with Crippen molar-refractivity contribution in [3.63, 3.8) is 0 Å². The van der Waals surface area contributed by atoms with E-state index in [0.29, 0.717) is 17.8 Å². The maximum atomic E-state index is 11.8. The van der Waals surface area contributed by atoms with Crippen molar-refractivity contribution >= 4 is 23.3 Å². The zero-order valence-electron chi connectivity index (χ0n) is 12.8. The van der Waals surface area contributed by atoms with Crippen molar-refractivity contribution in [2.75, 3.05) is 24.2 Å². The highest BCUT2D eigenvalue weighted by Gasteiger charge is 2.09. The molecule has 116 valence electrons. The molecule has 0 heterocycles. The molecule has 1 aromatic rings. The van der Waals surface area contributed by atoms with Crippen molar-refractivity contribution in [3.8, 4) is 0 Å². The van der Waals surface area contributed by atoms with Crippen LogP contribution >= 0.6 is 0 Å². The van der Waals surface area contributed by atoms with Crippen molar-refractivity contribution in [2.24, 2.45) is 0 Å². The minimum Gasteiger partial charge on any atom is -0.336 e. The lowest BCUT2D eigenvalue weighted by atomic mass is 10.2. The Morgan fingerprint density at radius 2 is 1.71 bits per heavy atom. The van der Waals surface area contributed by atoms with Crippen LogP contribution in [0.5, 0.6) is 0 Å². The van der Waals surface area contributed by atoms with E-state index in [2.05, 4.69) is 21.3 Å². The zero-order valence-corrected chi connectivity index (χ0v) is 12.8. The number of carbonyl (C=O) groups is 2. The Morgan fingerprint density at radius 3 is 2.29 bits per heavy atom. The molecule has 0 aliphatic carbocycles. The van der Waals surface area contributed by atoms with Crippen molar-refractivity contribution in [1.82, 2.24) is 10.6 Å². The summed E-state index contributed by atoms with van der Waals surface area (Å²) in [4.78, 5) is 23.6. The number of benzene rings is 1. The van der Waals surface area contributed by atoms with Crippen LogP contribution in [0.25, 0.3) is 0 Å². The average molecular weight is 292 g/mol. The highest BCUT2D eigenvalue weighted by molar-refractivity contribution is 5.99. The Hall–Kier alpha value is -2.08. The van der Waals surface area contributed by atoms with Gasteiger partial charge in [0.25, 0.3) is 0 Å². The van der Waals surface area contributed by atoms with Gasteiger partial charge in [-0.1, -0.05) is 12.1 Å². The van der Waals surface area contributed by atoms with Gasteiger partial charge in [-0.2, -0.15) is 0 Å². The van der Waals surface area contributed by atoms with Gasteiger partial charge in [0, 0.05) is 12.5 Å². The van der Waals surface area contributed by atoms with E-state index in [1.807, 2.05) is 33.0 Å². The number of carbonyl (C=O) groups excluding carboxylic acids is 2. The van der Waals surface area contributed by atoms with E-state index in [-0.39, 0.29) is 18.0 Å². The minimum atomic E-state index is -0.290. The predicted molar refractivity (Wildman–Crippen MR) is 85.5 cm³/mol. The summed E-state index contributed by atoms with van der Waals surface area (Å²) in [5, 5.41) is 11.3. The molecule has 0 fully saturated rings. The van der Waals surface area contributed by atoms with Crippen LogP contribution in [0.1, 0.15) is 26.7 Å². The monoisotopic (exact) mass is 292 g/mol. The first-order valence-corrected chi connectivity index (χ1v) is 7.14. The summed E-state index contributed by atoms with van der Waals surface area (Å²) in [6, 6.07) is 6.90. The smallest absolute Gasteiger partial charge is 0.319 e. The second-order valence-electron chi connectivity index (χ2n) is 5.05. The Kier molecular flexibility index (Phi) is 7.25. The predicted octanol–water partition coefficient (Wildman–Crippen LogP) is 2.15. The molecular formula is C15H24N4O2. The molecule has 0 unspecified atom stereocenters. The standard InChI is InChI=1S/C15H24N4O2/c1-11(2)17-15(21)19-13-8-5-4-7-12(13)18-14(20)9-6-10-16-3/h4-5,7-8,11,16H,6,9-10H2,1-3H3,(H,18,20)(H2,17,19,21). The van der Waals surface area contributed by atoms with E-state index in [1.165, 1.54) is 0 Å². The summed E-state index contributed by atoms with van der Waals surface area (Å²) in [6.45, 7) is 4.56. The van der Waals surface area contributed by atoms with Crippen molar-refractivity contribution in [3.05, 3.63) is 24.3 Å². The van der Waals surface area contributed by atoms with Gasteiger partial charge in [-0.3, -0.25) is 4.79 Å². The average Bonchev–Trinajstić information content (AvgIpc) is 2.40. The van der Waals surface area contributed by atoms with Gasteiger partial charge in [0.1, 0.15) is 0 Å².